The summed E-state index contributed by atoms with van der Waals surface area (Å²) in [6.07, 6.45) is 0. The Morgan fingerprint density at radius 1 is 1.09 bits per heavy atom. The van der Waals surface area contributed by atoms with Crippen molar-refractivity contribution in [1.82, 2.24) is 10.2 Å². The van der Waals surface area contributed by atoms with Crippen molar-refractivity contribution in [3.63, 3.8) is 0 Å². The molecule has 0 atom stereocenters. The van der Waals surface area contributed by atoms with E-state index in [2.05, 4.69) is 10.2 Å². The van der Waals surface area contributed by atoms with Crippen molar-refractivity contribution in [1.29, 1.82) is 0 Å². The van der Waals surface area contributed by atoms with E-state index in [-0.39, 0.29) is 10.5 Å². The molecule has 2 heterocycles. The third kappa shape index (κ3) is 1.89. The van der Waals surface area contributed by atoms with Crippen LogP contribution in [-0.4, -0.2) is 15.1 Å². The predicted octanol–water partition coefficient (Wildman–Crippen LogP) is 4.21. The standard InChI is InChI=1S/C14H7N3O4S/c18-17(19)8-2-4-12-10(6-8)9-5-7(1-3-11(9)20-12)13-15-16-14(22)21-13/h1-6H,(H,16,22). The maximum absolute atomic E-state index is 10.9. The van der Waals surface area contributed by atoms with Crippen molar-refractivity contribution >= 4 is 39.8 Å². The van der Waals surface area contributed by atoms with E-state index >= 15 is 0 Å². The molecule has 2 aromatic heterocycles. The first-order chi connectivity index (χ1) is 10.6. The molecule has 0 unspecified atom stereocenters. The van der Waals surface area contributed by atoms with Gasteiger partial charge >= 0.3 is 0 Å². The van der Waals surface area contributed by atoms with Crippen molar-refractivity contribution < 1.29 is 13.8 Å². The van der Waals surface area contributed by atoms with Crippen LogP contribution < -0.4 is 0 Å². The number of furan rings is 1. The second kappa shape index (κ2) is 4.50. The molecule has 108 valence electrons. The molecule has 0 aliphatic heterocycles. The monoisotopic (exact) mass is 313 g/mol. The van der Waals surface area contributed by atoms with Gasteiger partial charge in [0, 0.05) is 28.5 Å². The van der Waals surface area contributed by atoms with E-state index < -0.39 is 4.92 Å². The number of nitro groups is 1. The van der Waals surface area contributed by atoms with Gasteiger partial charge in [0.1, 0.15) is 11.2 Å². The molecule has 0 radical (unpaired) electrons. The van der Waals surface area contributed by atoms with Crippen LogP contribution in [0.25, 0.3) is 33.4 Å². The normalized spacial score (nSPS) is 11.3. The Kier molecular flexibility index (Phi) is 2.60. The minimum atomic E-state index is -0.436. The summed E-state index contributed by atoms with van der Waals surface area (Å²) < 4.78 is 11.0. The third-order valence-electron chi connectivity index (χ3n) is 3.35. The van der Waals surface area contributed by atoms with Gasteiger partial charge in [-0.1, -0.05) is 0 Å². The lowest BCUT2D eigenvalue weighted by molar-refractivity contribution is -0.384. The Balaban J connectivity index is 2.00. The molecule has 22 heavy (non-hydrogen) atoms. The lowest BCUT2D eigenvalue weighted by Crippen LogP contribution is -1.86. The molecule has 0 bridgehead atoms. The van der Waals surface area contributed by atoms with Gasteiger partial charge in [-0.05, 0) is 36.5 Å². The zero-order chi connectivity index (χ0) is 15.3. The number of rotatable bonds is 2. The fraction of sp³-hybridized carbons (Fsp3) is 0. The first kappa shape index (κ1) is 12.7. The van der Waals surface area contributed by atoms with Gasteiger partial charge in [0.25, 0.3) is 10.5 Å². The van der Waals surface area contributed by atoms with Gasteiger partial charge in [0.15, 0.2) is 0 Å². The van der Waals surface area contributed by atoms with Gasteiger partial charge in [0.05, 0.1) is 4.92 Å². The van der Waals surface area contributed by atoms with Crippen LogP contribution in [0.2, 0.25) is 0 Å². The van der Waals surface area contributed by atoms with Crippen molar-refractivity contribution in [2.45, 2.75) is 0 Å². The van der Waals surface area contributed by atoms with Crippen LogP contribution in [0.3, 0.4) is 0 Å². The number of hydrogen-bond acceptors (Lipinski definition) is 6. The Morgan fingerprint density at radius 3 is 2.50 bits per heavy atom. The van der Waals surface area contributed by atoms with E-state index in [0.717, 1.165) is 5.39 Å². The summed E-state index contributed by atoms with van der Waals surface area (Å²) in [5.41, 5.74) is 1.93. The molecule has 0 amide bonds. The highest BCUT2D eigenvalue weighted by Gasteiger charge is 2.14. The number of fused-ring (bicyclic) bond motifs is 3. The zero-order valence-electron chi connectivity index (χ0n) is 10.9. The molecule has 0 saturated carbocycles. The minimum Gasteiger partial charge on any atom is -0.456 e. The number of nitrogens with zero attached hydrogens (tertiary/aromatic N) is 2. The van der Waals surface area contributed by atoms with Crippen molar-refractivity contribution in [2.75, 3.05) is 0 Å². The maximum atomic E-state index is 10.9. The summed E-state index contributed by atoms with van der Waals surface area (Å²) in [7, 11) is 0. The van der Waals surface area contributed by atoms with Crippen LogP contribution in [-0.2, 0) is 0 Å². The molecule has 0 fully saturated rings. The molecule has 2 aromatic carbocycles. The van der Waals surface area contributed by atoms with Crippen LogP contribution in [0.1, 0.15) is 0 Å². The van der Waals surface area contributed by atoms with Gasteiger partial charge in [-0.3, -0.25) is 10.1 Å². The molecule has 4 rings (SSSR count). The highest BCUT2D eigenvalue weighted by Crippen LogP contribution is 2.33. The molecule has 7 nitrogen and oxygen atoms in total. The predicted molar refractivity (Wildman–Crippen MR) is 81.1 cm³/mol. The largest absolute Gasteiger partial charge is 0.456 e. The lowest BCUT2D eigenvalue weighted by atomic mass is 10.1. The number of hydrogen-bond donors (Lipinski definition) is 1. The molecule has 1 N–H and O–H groups in total. The Bertz CT molecular complexity index is 1090. The second-order valence-electron chi connectivity index (χ2n) is 4.67. The quantitative estimate of drug-likeness (QED) is 0.338. The highest BCUT2D eigenvalue weighted by atomic mass is 32.1. The van der Waals surface area contributed by atoms with E-state index in [9.17, 15) is 10.1 Å². The van der Waals surface area contributed by atoms with Crippen LogP contribution in [0.15, 0.2) is 45.2 Å². The number of nitrogens with one attached hydrogen (secondary N) is 1. The molecule has 0 saturated heterocycles. The van der Waals surface area contributed by atoms with Gasteiger partial charge in [0.2, 0.25) is 5.89 Å². The molecule has 0 aliphatic carbocycles. The fourth-order valence-corrected chi connectivity index (χ4v) is 2.49. The van der Waals surface area contributed by atoms with Crippen LogP contribution in [0, 0.1) is 15.0 Å². The summed E-state index contributed by atoms with van der Waals surface area (Å²) in [5, 5.41) is 18.9. The van der Waals surface area contributed by atoms with Gasteiger partial charge in [-0.2, -0.15) is 0 Å². The van der Waals surface area contributed by atoms with Crippen molar-refractivity contribution in [2.24, 2.45) is 0 Å². The number of non-ortho nitro benzene ring substituents is 1. The first-order valence-corrected chi connectivity index (χ1v) is 6.69. The topological polar surface area (TPSA) is 98.1 Å². The number of nitro benzene ring substituents is 1. The molecule has 0 aliphatic rings. The molecular formula is C14H7N3O4S. The average Bonchev–Trinajstić information content (AvgIpc) is 3.09. The van der Waals surface area contributed by atoms with Gasteiger partial charge < -0.3 is 8.83 Å². The Hall–Kier alpha value is -3.00. The number of aromatic nitrogens is 2. The summed E-state index contributed by atoms with van der Waals surface area (Å²) in [6, 6.07) is 9.85. The van der Waals surface area contributed by atoms with E-state index in [0.29, 0.717) is 28.0 Å². The van der Waals surface area contributed by atoms with E-state index in [1.807, 2.05) is 0 Å². The Morgan fingerprint density at radius 2 is 1.82 bits per heavy atom. The summed E-state index contributed by atoms with van der Waals surface area (Å²) >= 11 is 4.86. The number of aromatic amines is 1. The Labute approximate surface area is 127 Å². The lowest BCUT2D eigenvalue weighted by Gasteiger charge is -1.95. The van der Waals surface area contributed by atoms with E-state index in [4.69, 9.17) is 21.1 Å². The van der Waals surface area contributed by atoms with Crippen LogP contribution in [0.5, 0.6) is 0 Å². The average molecular weight is 313 g/mol. The van der Waals surface area contributed by atoms with Crippen molar-refractivity contribution in [3.8, 4) is 11.5 Å². The van der Waals surface area contributed by atoms with E-state index in [1.165, 1.54) is 12.1 Å². The highest BCUT2D eigenvalue weighted by molar-refractivity contribution is 7.71. The van der Waals surface area contributed by atoms with Gasteiger partial charge in [-0.15, -0.1) is 5.10 Å². The van der Waals surface area contributed by atoms with Crippen LogP contribution >= 0.6 is 12.2 Å². The van der Waals surface area contributed by atoms with Crippen molar-refractivity contribution in [3.05, 3.63) is 51.3 Å². The summed E-state index contributed by atoms with van der Waals surface area (Å²) in [6.45, 7) is 0. The minimum absolute atomic E-state index is 0.0119. The fourth-order valence-electron chi connectivity index (χ4n) is 2.37. The number of H-pyrrole nitrogens is 1. The summed E-state index contributed by atoms with van der Waals surface area (Å²) in [5.74, 6) is 0.353. The SMILES string of the molecule is O=[N+]([O-])c1ccc2oc3ccc(-c4n[nH]c(=S)o4)cc3c2c1. The zero-order valence-corrected chi connectivity index (χ0v) is 11.7. The summed E-state index contributed by atoms with van der Waals surface area (Å²) in [4.78, 5) is 10.7. The molecular weight excluding hydrogens is 306 g/mol. The smallest absolute Gasteiger partial charge is 0.284 e. The molecule has 8 heteroatoms. The van der Waals surface area contributed by atoms with Gasteiger partial charge in [-0.25, -0.2) is 5.10 Å². The molecule has 4 aromatic rings. The van der Waals surface area contributed by atoms with Crippen LogP contribution in [0.4, 0.5) is 5.69 Å². The first-order valence-electron chi connectivity index (χ1n) is 6.28. The number of benzene rings is 2. The second-order valence-corrected chi connectivity index (χ2v) is 5.04. The maximum Gasteiger partial charge on any atom is 0.284 e. The molecule has 0 spiro atoms. The van der Waals surface area contributed by atoms with E-state index in [1.54, 1.807) is 24.3 Å². The third-order valence-corrected chi connectivity index (χ3v) is 3.52.